The Labute approximate surface area is 299 Å². The average molecular weight is 686 g/mol. The van der Waals surface area contributed by atoms with Crippen LogP contribution in [0.5, 0.6) is 5.75 Å². The average Bonchev–Trinajstić information content (AvgIpc) is 3.48. The van der Waals surface area contributed by atoms with Crippen molar-refractivity contribution in [3.63, 3.8) is 0 Å². The Bertz CT molecular complexity index is 1720. The Morgan fingerprint density at radius 2 is 1.68 bits per heavy atom. The van der Waals surface area contributed by atoms with Crippen LogP contribution < -0.4 is 9.64 Å². The molecule has 5 heterocycles. The van der Waals surface area contributed by atoms with Gasteiger partial charge in [-0.1, -0.05) is 50.1 Å². The van der Waals surface area contributed by atoms with Gasteiger partial charge in [-0.05, 0) is 122 Å². The standard InChI is InChI=1S/C36H43N3O4.C4H10O.C2H6/c1-24-12-13-33-30(19-24)27-10-8-11-28(20-27)31-22-32-35(29(21-34(40)41)25(2)23-39(32)37-31)38-16-14-36(4,15-17-38)42-18-7-5-6-9-26(3)43-33;1-4(2,3)5;1-2/h8,10-13,19-20,22-23,26H,5-7,9,14-18,21H2,1-4H3,(H,40,41);5H,1-3H3;1-2H3. The molecule has 2 N–H and O–H groups in total. The molecule has 0 spiro atoms. The van der Waals surface area contributed by atoms with E-state index >= 15 is 0 Å². The maximum atomic E-state index is 12.0. The second kappa shape index (κ2) is 16.9. The minimum absolute atomic E-state index is 0.0213. The number of anilines is 1. The molecule has 4 aromatic rings. The lowest BCUT2D eigenvalue weighted by atomic mass is 9.91. The fourth-order valence-electron chi connectivity index (χ4n) is 6.61. The summed E-state index contributed by atoms with van der Waals surface area (Å²) in [5.74, 6) is 0.0715. The molecule has 1 unspecified atom stereocenters. The SMILES string of the molecule is CC.CC(C)(C)O.Cc1ccc2c(c1)-c1cccc(c1)-c1cc3c(c(CC(=O)O)c(C)cn3n1)N1CCC(C)(CC1)OCCCCCC(C)O2. The number of hydrogen-bond acceptors (Lipinski definition) is 6. The highest BCUT2D eigenvalue weighted by atomic mass is 16.5. The Morgan fingerprint density at radius 3 is 2.36 bits per heavy atom. The number of carboxylic acid groups (broad SMARTS) is 1. The van der Waals surface area contributed by atoms with Crippen molar-refractivity contribution in [1.29, 1.82) is 0 Å². The highest BCUT2D eigenvalue weighted by Crippen LogP contribution is 2.38. The van der Waals surface area contributed by atoms with Crippen LogP contribution in [0.15, 0.2) is 54.7 Å². The number of rotatable bonds is 2. The minimum Gasteiger partial charge on any atom is -0.490 e. The predicted molar refractivity (Wildman–Crippen MR) is 205 cm³/mol. The third-order valence-corrected chi connectivity index (χ3v) is 9.16. The van der Waals surface area contributed by atoms with E-state index in [0.717, 1.165) is 109 Å². The summed E-state index contributed by atoms with van der Waals surface area (Å²) in [5, 5.41) is 23.4. The van der Waals surface area contributed by atoms with Crippen molar-refractivity contribution >= 4 is 17.2 Å². The van der Waals surface area contributed by atoms with E-state index in [1.54, 1.807) is 20.8 Å². The number of aromatic nitrogens is 2. The molecule has 3 aliphatic rings. The number of piperidine rings is 1. The molecule has 6 bridgehead atoms. The summed E-state index contributed by atoms with van der Waals surface area (Å²) in [7, 11) is 0. The van der Waals surface area contributed by atoms with E-state index in [1.807, 2.05) is 31.5 Å². The van der Waals surface area contributed by atoms with E-state index < -0.39 is 11.6 Å². The van der Waals surface area contributed by atoms with Gasteiger partial charge in [0.1, 0.15) is 5.75 Å². The summed E-state index contributed by atoms with van der Waals surface area (Å²) in [6.45, 7) is 20.1. The molecule has 8 heteroatoms. The Hall–Kier alpha value is -3.88. The van der Waals surface area contributed by atoms with Gasteiger partial charge in [0.05, 0.1) is 40.6 Å². The van der Waals surface area contributed by atoms with Gasteiger partial charge in [-0.3, -0.25) is 4.79 Å². The van der Waals surface area contributed by atoms with Crippen LogP contribution in [-0.2, 0) is 16.0 Å². The number of aliphatic hydroxyl groups is 1. The number of nitrogens with zero attached hydrogens (tertiary/aromatic N) is 3. The van der Waals surface area contributed by atoms with E-state index in [-0.39, 0.29) is 18.1 Å². The summed E-state index contributed by atoms with van der Waals surface area (Å²) in [6, 6.07) is 17.0. The Balaban J connectivity index is 0.000000738. The third-order valence-electron chi connectivity index (χ3n) is 9.16. The second-order valence-corrected chi connectivity index (χ2v) is 14.9. The molecule has 1 atom stereocenters. The molecule has 0 aliphatic carbocycles. The number of pyridine rings is 1. The molecule has 3 aliphatic heterocycles. The van der Waals surface area contributed by atoms with Crippen molar-refractivity contribution < 1.29 is 24.5 Å². The van der Waals surface area contributed by atoms with Crippen LogP contribution in [0.1, 0.15) is 104 Å². The monoisotopic (exact) mass is 685 g/mol. The topological polar surface area (TPSA) is 96.5 Å². The van der Waals surface area contributed by atoms with Crippen molar-refractivity contribution in [3.05, 3.63) is 71.4 Å². The second-order valence-electron chi connectivity index (χ2n) is 14.9. The number of carboxylic acids is 1. The number of carbonyl (C=O) groups is 1. The maximum Gasteiger partial charge on any atom is 0.307 e. The molecule has 0 radical (unpaired) electrons. The van der Waals surface area contributed by atoms with E-state index in [4.69, 9.17) is 19.7 Å². The first kappa shape index (κ1) is 38.9. The predicted octanol–water partition coefficient (Wildman–Crippen LogP) is 9.43. The zero-order valence-corrected chi connectivity index (χ0v) is 31.8. The van der Waals surface area contributed by atoms with Gasteiger partial charge < -0.3 is 24.6 Å². The molecular formula is C42H59N3O5. The Morgan fingerprint density at radius 1 is 1.00 bits per heavy atom. The van der Waals surface area contributed by atoms with Crippen LogP contribution in [0.2, 0.25) is 0 Å². The summed E-state index contributed by atoms with van der Waals surface area (Å²) in [6.07, 6.45) is 8.10. The van der Waals surface area contributed by atoms with Crippen molar-refractivity contribution in [2.24, 2.45) is 0 Å². The van der Waals surface area contributed by atoms with Gasteiger partial charge in [0, 0.05) is 37.0 Å². The molecule has 0 saturated carbocycles. The number of benzene rings is 2. The van der Waals surface area contributed by atoms with Crippen LogP contribution in [0.25, 0.3) is 27.9 Å². The number of ether oxygens (including phenoxy) is 2. The van der Waals surface area contributed by atoms with Crippen molar-refractivity contribution in [3.8, 4) is 28.1 Å². The van der Waals surface area contributed by atoms with Gasteiger partial charge in [-0.15, -0.1) is 0 Å². The minimum atomic E-state index is -0.825. The van der Waals surface area contributed by atoms with E-state index in [1.165, 1.54) is 5.56 Å². The molecule has 2 aromatic heterocycles. The molecule has 8 nitrogen and oxygen atoms in total. The van der Waals surface area contributed by atoms with Gasteiger partial charge in [-0.2, -0.15) is 5.10 Å². The third kappa shape index (κ3) is 10.3. The van der Waals surface area contributed by atoms with Crippen molar-refractivity contribution in [1.82, 2.24) is 9.61 Å². The molecule has 7 rings (SSSR count). The zero-order chi connectivity index (χ0) is 36.6. The van der Waals surface area contributed by atoms with Gasteiger partial charge in [-0.25, -0.2) is 4.52 Å². The zero-order valence-electron chi connectivity index (χ0n) is 31.8. The van der Waals surface area contributed by atoms with Crippen molar-refractivity contribution in [2.45, 2.75) is 125 Å². The van der Waals surface area contributed by atoms with E-state index in [0.29, 0.717) is 0 Å². The lowest BCUT2D eigenvalue weighted by molar-refractivity contribution is -0.136. The van der Waals surface area contributed by atoms with Crippen LogP contribution in [0.4, 0.5) is 5.69 Å². The van der Waals surface area contributed by atoms with E-state index in [9.17, 15) is 9.90 Å². The first-order chi connectivity index (χ1) is 23.7. The molecule has 0 amide bonds. The van der Waals surface area contributed by atoms with Gasteiger partial charge >= 0.3 is 5.97 Å². The van der Waals surface area contributed by atoms with Crippen LogP contribution >= 0.6 is 0 Å². The molecule has 1 fully saturated rings. The summed E-state index contributed by atoms with van der Waals surface area (Å²) >= 11 is 0. The van der Waals surface area contributed by atoms with Crippen molar-refractivity contribution in [2.75, 3.05) is 24.6 Å². The smallest absolute Gasteiger partial charge is 0.307 e. The lowest BCUT2D eigenvalue weighted by Gasteiger charge is -2.41. The molecule has 272 valence electrons. The lowest BCUT2D eigenvalue weighted by Crippen LogP contribution is -2.45. The molecule has 1 saturated heterocycles. The first-order valence-corrected chi connectivity index (χ1v) is 18.4. The fraction of sp³-hybridized carbons (Fsp3) is 0.524. The number of aryl methyl sites for hydroxylation is 2. The normalized spacial score (nSPS) is 19.6. The molecule has 2 aromatic carbocycles. The number of fused-ring (bicyclic) bond motifs is 9. The van der Waals surface area contributed by atoms with E-state index in [2.05, 4.69) is 74.2 Å². The van der Waals surface area contributed by atoms with Crippen LogP contribution in [0.3, 0.4) is 0 Å². The summed E-state index contributed by atoms with van der Waals surface area (Å²) in [4.78, 5) is 14.4. The van der Waals surface area contributed by atoms with Gasteiger partial charge in [0.2, 0.25) is 0 Å². The molecular weight excluding hydrogens is 626 g/mol. The van der Waals surface area contributed by atoms with Crippen LogP contribution in [0, 0.1) is 13.8 Å². The molecule has 50 heavy (non-hydrogen) atoms. The highest BCUT2D eigenvalue weighted by molar-refractivity contribution is 5.86. The first-order valence-electron chi connectivity index (χ1n) is 18.4. The largest absolute Gasteiger partial charge is 0.490 e. The maximum absolute atomic E-state index is 12.0. The van der Waals surface area contributed by atoms with Gasteiger partial charge in [0.25, 0.3) is 0 Å². The highest BCUT2D eigenvalue weighted by Gasteiger charge is 2.33. The fourth-order valence-corrected chi connectivity index (χ4v) is 6.61. The Kier molecular flexibility index (Phi) is 13.1. The summed E-state index contributed by atoms with van der Waals surface area (Å²) < 4.78 is 14.9. The van der Waals surface area contributed by atoms with Crippen LogP contribution in [-0.4, -0.2) is 62.8 Å². The number of aliphatic carboxylic acids is 1. The summed E-state index contributed by atoms with van der Waals surface area (Å²) in [5.41, 5.74) is 8.25. The quantitative estimate of drug-likeness (QED) is 0.217. The number of hydrogen-bond donors (Lipinski definition) is 2. The van der Waals surface area contributed by atoms with Gasteiger partial charge in [0.15, 0.2) is 0 Å².